The Morgan fingerprint density at radius 2 is 1.38 bits per heavy atom. The average molecular weight is 290 g/mol. The minimum Gasteiger partial charge on any atom is -0.153 e. The van der Waals surface area contributed by atoms with Crippen LogP contribution < -0.4 is 4.57 Å². The highest BCUT2D eigenvalue weighted by Gasteiger charge is 2.21. The zero-order chi connectivity index (χ0) is 14.4. The molecule has 1 heterocycles. The Morgan fingerprint density at radius 3 is 1.90 bits per heavy atom. The van der Waals surface area contributed by atoms with Crippen LogP contribution in [0.5, 0.6) is 0 Å². The summed E-state index contributed by atoms with van der Waals surface area (Å²) in [7, 11) is 0. The standard InChI is InChI=1S/C19H16NS/c1-13-14(2)21-12-20(13)19-17-9-5-3-7-15(17)11-16-8-4-6-10-18(16)19/h3-12H,1-2H3/q+1. The molecule has 0 saturated heterocycles. The van der Waals surface area contributed by atoms with Gasteiger partial charge in [0.05, 0.1) is 15.6 Å². The second-order valence-electron chi connectivity index (χ2n) is 5.40. The Bertz CT molecular complexity index is 912. The number of benzene rings is 3. The average Bonchev–Trinajstić information content (AvgIpc) is 2.84. The fourth-order valence-electron chi connectivity index (χ4n) is 2.94. The van der Waals surface area contributed by atoms with Crippen molar-refractivity contribution in [3.8, 4) is 5.69 Å². The van der Waals surface area contributed by atoms with Crippen LogP contribution in [0.2, 0.25) is 0 Å². The summed E-state index contributed by atoms with van der Waals surface area (Å²) in [6.45, 7) is 4.38. The van der Waals surface area contributed by atoms with Gasteiger partial charge in [-0.15, -0.1) is 0 Å². The lowest BCUT2D eigenvalue weighted by Crippen LogP contribution is -2.31. The monoisotopic (exact) mass is 290 g/mol. The number of aryl methyl sites for hydroxylation is 1. The van der Waals surface area contributed by atoms with Gasteiger partial charge >= 0.3 is 0 Å². The second kappa shape index (κ2) is 4.68. The molecule has 0 N–H and O–H groups in total. The van der Waals surface area contributed by atoms with Crippen molar-refractivity contribution in [3.63, 3.8) is 0 Å². The van der Waals surface area contributed by atoms with Gasteiger partial charge in [0.2, 0.25) is 11.2 Å². The lowest BCUT2D eigenvalue weighted by Gasteiger charge is -2.06. The first-order valence-corrected chi connectivity index (χ1v) is 8.01. The third kappa shape index (κ3) is 1.87. The smallest absolute Gasteiger partial charge is 0.153 e. The molecule has 21 heavy (non-hydrogen) atoms. The molecular formula is C19H16NS+. The first kappa shape index (κ1) is 12.5. The van der Waals surface area contributed by atoms with E-state index < -0.39 is 0 Å². The van der Waals surface area contributed by atoms with E-state index in [9.17, 15) is 0 Å². The van der Waals surface area contributed by atoms with Gasteiger partial charge < -0.3 is 0 Å². The lowest BCUT2D eigenvalue weighted by molar-refractivity contribution is -0.594. The van der Waals surface area contributed by atoms with Crippen LogP contribution in [0.25, 0.3) is 27.2 Å². The Balaban J connectivity index is 2.24. The van der Waals surface area contributed by atoms with Crippen LogP contribution in [0.4, 0.5) is 0 Å². The molecule has 1 nitrogen and oxygen atoms in total. The molecular weight excluding hydrogens is 274 g/mol. The van der Waals surface area contributed by atoms with Crippen molar-refractivity contribution in [1.29, 1.82) is 0 Å². The first-order chi connectivity index (χ1) is 10.3. The number of fused-ring (bicyclic) bond motifs is 2. The molecule has 0 atom stereocenters. The van der Waals surface area contributed by atoms with Gasteiger partial charge in [0, 0.05) is 6.92 Å². The van der Waals surface area contributed by atoms with E-state index in [1.165, 1.54) is 37.8 Å². The van der Waals surface area contributed by atoms with E-state index in [-0.39, 0.29) is 0 Å². The highest BCUT2D eigenvalue weighted by atomic mass is 32.1. The minimum absolute atomic E-state index is 1.29. The Labute approximate surface area is 128 Å². The fraction of sp³-hybridized carbons (Fsp3) is 0.105. The summed E-state index contributed by atoms with van der Waals surface area (Å²) in [6.07, 6.45) is 0. The van der Waals surface area contributed by atoms with Crippen LogP contribution in [-0.2, 0) is 0 Å². The highest BCUT2D eigenvalue weighted by molar-refractivity contribution is 7.09. The Hall–Kier alpha value is -2.19. The number of hydrogen-bond acceptors (Lipinski definition) is 1. The zero-order valence-electron chi connectivity index (χ0n) is 12.1. The zero-order valence-corrected chi connectivity index (χ0v) is 12.9. The van der Waals surface area contributed by atoms with E-state index in [0.717, 1.165) is 0 Å². The molecule has 102 valence electrons. The van der Waals surface area contributed by atoms with Gasteiger partial charge in [-0.2, -0.15) is 4.57 Å². The van der Waals surface area contributed by atoms with E-state index in [4.69, 9.17) is 0 Å². The van der Waals surface area contributed by atoms with E-state index in [0.29, 0.717) is 0 Å². The van der Waals surface area contributed by atoms with Gasteiger partial charge in [0.25, 0.3) is 0 Å². The molecule has 4 aromatic rings. The molecule has 0 amide bonds. The predicted octanol–water partition coefficient (Wildman–Crippen LogP) is 4.95. The summed E-state index contributed by atoms with van der Waals surface area (Å²) in [5, 5.41) is 5.20. The van der Waals surface area contributed by atoms with E-state index in [1.54, 1.807) is 11.3 Å². The lowest BCUT2D eigenvalue weighted by atomic mass is 10.0. The van der Waals surface area contributed by atoms with Crippen molar-refractivity contribution in [1.82, 2.24) is 0 Å². The van der Waals surface area contributed by atoms with Crippen LogP contribution >= 0.6 is 11.3 Å². The van der Waals surface area contributed by atoms with Crippen molar-refractivity contribution < 1.29 is 4.57 Å². The molecule has 0 saturated carbocycles. The van der Waals surface area contributed by atoms with Gasteiger partial charge in [-0.25, -0.2) is 0 Å². The molecule has 0 unspecified atom stereocenters. The predicted molar refractivity (Wildman–Crippen MR) is 90.3 cm³/mol. The first-order valence-electron chi connectivity index (χ1n) is 7.13. The topological polar surface area (TPSA) is 3.88 Å². The van der Waals surface area contributed by atoms with Crippen LogP contribution in [0.15, 0.2) is 60.1 Å². The van der Waals surface area contributed by atoms with Crippen molar-refractivity contribution in [2.45, 2.75) is 13.8 Å². The van der Waals surface area contributed by atoms with Crippen LogP contribution in [0.1, 0.15) is 10.6 Å². The SMILES string of the molecule is Cc1sc[n+](-c2c3ccccc3cc3ccccc23)c1C. The van der Waals surface area contributed by atoms with E-state index in [1.807, 2.05) is 0 Å². The summed E-state index contributed by atoms with van der Waals surface area (Å²) >= 11 is 1.81. The van der Waals surface area contributed by atoms with Gasteiger partial charge in [-0.3, -0.25) is 0 Å². The van der Waals surface area contributed by atoms with Crippen molar-refractivity contribution in [2.24, 2.45) is 0 Å². The molecule has 0 aliphatic carbocycles. The minimum atomic E-state index is 1.29. The fourth-order valence-corrected chi connectivity index (χ4v) is 3.73. The Morgan fingerprint density at radius 1 is 0.810 bits per heavy atom. The van der Waals surface area contributed by atoms with Crippen molar-refractivity contribution >= 4 is 32.9 Å². The third-order valence-electron chi connectivity index (χ3n) is 4.19. The van der Waals surface area contributed by atoms with Crippen LogP contribution in [-0.4, -0.2) is 0 Å². The molecule has 0 bridgehead atoms. The highest BCUT2D eigenvalue weighted by Crippen LogP contribution is 2.29. The van der Waals surface area contributed by atoms with E-state index in [2.05, 4.69) is 78.5 Å². The quantitative estimate of drug-likeness (QED) is 0.345. The molecule has 0 radical (unpaired) electrons. The maximum atomic E-state index is 2.34. The molecule has 0 aliphatic rings. The van der Waals surface area contributed by atoms with Gasteiger partial charge in [0.1, 0.15) is 0 Å². The third-order valence-corrected chi connectivity index (χ3v) is 5.15. The van der Waals surface area contributed by atoms with Crippen molar-refractivity contribution in [2.75, 3.05) is 0 Å². The number of nitrogens with zero attached hydrogens (tertiary/aromatic N) is 1. The molecule has 0 spiro atoms. The maximum Gasteiger partial charge on any atom is 0.231 e. The summed E-state index contributed by atoms with van der Waals surface area (Å²) in [5.74, 6) is 0. The normalized spacial score (nSPS) is 11.3. The number of aromatic nitrogens is 1. The maximum absolute atomic E-state index is 2.34. The molecule has 0 aliphatic heterocycles. The summed E-state index contributed by atoms with van der Waals surface area (Å²) in [6, 6.07) is 19.6. The number of hydrogen-bond donors (Lipinski definition) is 0. The largest absolute Gasteiger partial charge is 0.231 e. The Kier molecular flexibility index (Phi) is 2.79. The summed E-state index contributed by atoms with van der Waals surface area (Å²) in [4.78, 5) is 1.37. The van der Waals surface area contributed by atoms with Gasteiger partial charge in [0.15, 0.2) is 5.69 Å². The molecule has 3 aromatic carbocycles. The molecule has 0 fully saturated rings. The van der Waals surface area contributed by atoms with Gasteiger partial charge in [-0.05, 0) is 35.9 Å². The van der Waals surface area contributed by atoms with Gasteiger partial charge in [-0.1, -0.05) is 47.7 Å². The molecule has 2 heteroatoms. The molecule has 1 aromatic heterocycles. The van der Waals surface area contributed by atoms with E-state index >= 15 is 0 Å². The summed E-state index contributed by atoms with van der Waals surface area (Å²) in [5.41, 5.74) is 4.84. The number of rotatable bonds is 1. The summed E-state index contributed by atoms with van der Waals surface area (Å²) < 4.78 is 2.34. The van der Waals surface area contributed by atoms with Crippen LogP contribution in [0.3, 0.4) is 0 Å². The molecule has 4 rings (SSSR count). The second-order valence-corrected chi connectivity index (χ2v) is 6.46. The van der Waals surface area contributed by atoms with Crippen molar-refractivity contribution in [3.05, 3.63) is 70.7 Å². The van der Waals surface area contributed by atoms with Crippen LogP contribution in [0, 0.1) is 13.8 Å². The number of thiazole rings is 1.